The van der Waals surface area contributed by atoms with Gasteiger partial charge in [-0.25, -0.2) is 0 Å². The number of rotatable bonds is 6. The van der Waals surface area contributed by atoms with E-state index >= 15 is 0 Å². The van der Waals surface area contributed by atoms with E-state index in [-0.39, 0.29) is 24.6 Å². The molecule has 0 unspecified atom stereocenters. The van der Waals surface area contributed by atoms with Gasteiger partial charge in [0.1, 0.15) is 5.75 Å². The first kappa shape index (κ1) is 17.8. The van der Waals surface area contributed by atoms with Gasteiger partial charge in [0.2, 0.25) is 0 Å². The molecule has 0 heterocycles. The predicted octanol–water partition coefficient (Wildman–Crippen LogP) is 0.103. The summed E-state index contributed by atoms with van der Waals surface area (Å²) in [7, 11) is 0. The Morgan fingerprint density at radius 1 is 1.14 bits per heavy atom. The van der Waals surface area contributed by atoms with Crippen molar-refractivity contribution in [3.05, 3.63) is 42.0 Å². The minimum absolute atomic E-state index is 0. The summed E-state index contributed by atoms with van der Waals surface area (Å²) >= 11 is 0. The second-order valence-corrected chi connectivity index (χ2v) is 5.59. The first-order valence-corrected chi connectivity index (χ1v) is 7.06. The smallest absolute Gasteiger partial charge is 0.124 e. The Labute approximate surface area is 132 Å². The van der Waals surface area contributed by atoms with Gasteiger partial charge < -0.3 is 27.6 Å². The lowest BCUT2D eigenvalue weighted by atomic mass is 10.0. The van der Waals surface area contributed by atoms with Crippen LogP contribution in [0.3, 0.4) is 0 Å². The second kappa shape index (κ2) is 7.64. The molecule has 0 saturated heterocycles. The molecule has 4 heteroatoms. The molecule has 0 aromatic heterocycles. The topological polar surface area (TPSA) is 41.5 Å². The van der Waals surface area contributed by atoms with Crippen LogP contribution in [0.15, 0.2) is 36.4 Å². The third-order valence-electron chi connectivity index (χ3n) is 3.44. The molecule has 0 radical (unpaired) electrons. The Balaban J connectivity index is 0.00000220. The number of nitrogens with one attached hydrogen (secondary N) is 1. The van der Waals surface area contributed by atoms with E-state index in [4.69, 9.17) is 4.74 Å². The van der Waals surface area contributed by atoms with Gasteiger partial charge in [-0.1, -0.05) is 30.3 Å². The van der Waals surface area contributed by atoms with Gasteiger partial charge in [-0.15, -0.1) is 0 Å². The number of halogens is 1. The van der Waals surface area contributed by atoms with Crippen LogP contribution in [0.2, 0.25) is 0 Å². The van der Waals surface area contributed by atoms with Crippen molar-refractivity contribution < 1.29 is 22.3 Å². The maximum atomic E-state index is 9.36. The van der Waals surface area contributed by atoms with Crippen molar-refractivity contribution in [2.45, 2.75) is 32.9 Å². The molecule has 21 heavy (non-hydrogen) atoms. The van der Waals surface area contributed by atoms with E-state index < -0.39 is 0 Å². The second-order valence-electron chi connectivity index (χ2n) is 5.59. The summed E-state index contributed by atoms with van der Waals surface area (Å²) in [6, 6.07) is 12.4. The third kappa shape index (κ3) is 4.34. The zero-order chi connectivity index (χ0) is 14.6. The number of benzene rings is 2. The monoisotopic (exact) mass is 308 g/mol. The third-order valence-corrected chi connectivity index (χ3v) is 3.44. The van der Waals surface area contributed by atoms with Gasteiger partial charge in [0.05, 0.1) is 13.2 Å². The molecule has 0 aliphatic carbocycles. The van der Waals surface area contributed by atoms with Crippen LogP contribution in [0.5, 0.6) is 5.75 Å². The van der Waals surface area contributed by atoms with E-state index in [0.717, 1.165) is 11.3 Å². The van der Waals surface area contributed by atoms with E-state index in [1.807, 2.05) is 39.0 Å². The molecular weight excluding hydrogens is 286 g/mol. The van der Waals surface area contributed by atoms with Gasteiger partial charge in [0.25, 0.3) is 0 Å². The minimum atomic E-state index is -0.305. The fourth-order valence-electron chi connectivity index (χ4n) is 2.17. The Hall–Kier alpha value is -1.29. The maximum absolute atomic E-state index is 9.36. The van der Waals surface area contributed by atoms with Crippen molar-refractivity contribution in [2.75, 3.05) is 13.2 Å². The van der Waals surface area contributed by atoms with Gasteiger partial charge in [0.15, 0.2) is 0 Å². The summed E-state index contributed by atoms with van der Waals surface area (Å²) in [5, 5.41) is 15.1. The van der Waals surface area contributed by atoms with E-state index in [9.17, 15) is 5.11 Å². The summed E-state index contributed by atoms with van der Waals surface area (Å²) < 4.78 is 5.74. The fourth-order valence-corrected chi connectivity index (χ4v) is 2.17. The van der Waals surface area contributed by atoms with Crippen LogP contribution in [0.4, 0.5) is 0 Å². The van der Waals surface area contributed by atoms with Crippen LogP contribution >= 0.6 is 0 Å². The molecule has 0 spiro atoms. The van der Waals surface area contributed by atoms with Crippen molar-refractivity contribution in [1.82, 2.24) is 5.32 Å². The first-order chi connectivity index (χ1) is 9.57. The number of aliphatic hydroxyl groups excluding tert-OH is 1. The van der Waals surface area contributed by atoms with Crippen molar-refractivity contribution >= 4 is 10.8 Å². The fraction of sp³-hybridized carbons (Fsp3) is 0.412. The molecule has 0 bridgehead atoms. The zero-order valence-corrected chi connectivity index (χ0v) is 13.6. The minimum Gasteiger partial charge on any atom is -1.00 e. The molecule has 0 aliphatic rings. The molecule has 0 atom stereocenters. The van der Waals surface area contributed by atoms with Gasteiger partial charge >= 0.3 is 0 Å². The molecule has 3 nitrogen and oxygen atoms in total. The summed E-state index contributed by atoms with van der Waals surface area (Å²) in [4.78, 5) is 0. The van der Waals surface area contributed by atoms with Crippen LogP contribution in [0.1, 0.15) is 26.3 Å². The Morgan fingerprint density at radius 3 is 2.52 bits per heavy atom. The highest BCUT2D eigenvalue weighted by atomic mass is 35.5. The lowest BCUT2D eigenvalue weighted by Gasteiger charge is -2.25. The maximum Gasteiger partial charge on any atom is 0.124 e. The van der Waals surface area contributed by atoms with E-state index in [1.165, 1.54) is 10.8 Å². The highest BCUT2D eigenvalue weighted by Crippen LogP contribution is 2.28. The molecule has 2 N–H and O–H groups in total. The summed E-state index contributed by atoms with van der Waals surface area (Å²) in [5.74, 6) is 0.910. The van der Waals surface area contributed by atoms with Crippen molar-refractivity contribution in [3.8, 4) is 5.75 Å². The number of aliphatic hydroxyl groups is 1. The van der Waals surface area contributed by atoms with Crippen LogP contribution in [-0.4, -0.2) is 23.9 Å². The average Bonchev–Trinajstić information content (AvgIpc) is 2.46. The average molecular weight is 309 g/mol. The van der Waals surface area contributed by atoms with Gasteiger partial charge in [-0.2, -0.15) is 0 Å². The van der Waals surface area contributed by atoms with Gasteiger partial charge in [-0.05, 0) is 37.6 Å². The summed E-state index contributed by atoms with van der Waals surface area (Å²) in [6.45, 7) is 7.38. The van der Waals surface area contributed by atoms with E-state index in [2.05, 4.69) is 23.5 Å². The highest BCUT2D eigenvalue weighted by Gasteiger charge is 2.17. The van der Waals surface area contributed by atoms with Crippen molar-refractivity contribution in [3.63, 3.8) is 0 Å². The molecule has 2 aromatic rings. The van der Waals surface area contributed by atoms with Gasteiger partial charge in [0, 0.05) is 17.6 Å². The normalized spacial score (nSPS) is 11.2. The standard InChI is InChI=1S/C17H23NO2.ClH/c1-4-20-16-10-9-13-7-5-6-8-14(13)15(16)11-18-17(2,3)12-19;/h5-10,18-19H,4,11-12H2,1-3H3;1H/p-1. The summed E-state index contributed by atoms with van der Waals surface area (Å²) in [5.41, 5.74) is 0.840. The SMILES string of the molecule is CCOc1ccc2ccccc2c1CNC(C)(C)CO.[Cl-]. The molecule has 0 fully saturated rings. The first-order valence-electron chi connectivity index (χ1n) is 7.06. The van der Waals surface area contributed by atoms with E-state index in [1.54, 1.807) is 0 Å². The van der Waals surface area contributed by atoms with Crippen molar-refractivity contribution in [1.29, 1.82) is 0 Å². The van der Waals surface area contributed by atoms with Crippen LogP contribution < -0.4 is 22.5 Å². The molecule has 2 rings (SSSR count). The molecule has 0 saturated carbocycles. The Bertz CT molecular complexity index is 584. The van der Waals surface area contributed by atoms with Crippen LogP contribution in [0.25, 0.3) is 10.8 Å². The number of fused-ring (bicyclic) bond motifs is 1. The largest absolute Gasteiger partial charge is 1.00 e. The number of hydrogen-bond acceptors (Lipinski definition) is 3. The predicted molar refractivity (Wildman–Crippen MR) is 83.1 cm³/mol. The molecule has 0 amide bonds. The van der Waals surface area contributed by atoms with Gasteiger partial charge in [-0.3, -0.25) is 0 Å². The number of ether oxygens (including phenoxy) is 1. The molecule has 116 valence electrons. The van der Waals surface area contributed by atoms with E-state index in [0.29, 0.717) is 13.2 Å². The summed E-state index contributed by atoms with van der Waals surface area (Å²) in [6.07, 6.45) is 0. The Morgan fingerprint density at radius 2 is 1.86 bits per heavy atom. The highest BCUT2D eigenvalue weighted by molar-refractivity contribution is 5.87. The number of hydrogen-bond donors (Lipinski definition) is 2. The van der Waals surface area contributed by atoms with Crippen molar-refractivity contribution in [2.24, 2.45) is 0 Å². The quantitative estimate of drug-likeness (QED) is 0.795. The molecular formula is C17H23ClNO2-. The van der Waals surface area contributed by atoms with Crippen LogP contribution in [0, 0.1) is 0 Å². The zero-order valence-electron chi connectivity index (χ0n) is 12.8. The lowest BCUT2D eigenvalue weighted by molar-refractivity contribution is -0.00000566. The molecule has 0 aliphatic heterocycles. The van der Waals surface area contributed by atoms with Crippen LogP contribution in [-0.2, 0) is 6.54 Å². The molecule has 2 aromatic carbocycles. The lowest BCUT2D eigenvalue weighted by Crippen LogP contribution is -3.00. The Kier molecular flexibility index (Phi) is 6.46.